The second kappa shape index (κ2) is 16.5. The molecule has 0 saturated carbocycles. The van der Waals surface area contributed by atoms with Crippen LogP contribution in [0.25, 0.3) is 0 Å². The lowest BCUT2D eigenvalue weighted by molar-refractivity contribution is -0.149. The fraction of sp³-hybridized carbons (Fsp3) is 0.615. The summed E-state index contributed by atoms with van der Waals surface area (Å²) in [7, 11) is 2.80. The molecule has 1 aliphatic heterocycles. The number of ether oxygens (including phenoxy) is 3. The number of carbonyl (C=O) groups is 4. The van der Waals surface area contributed by atoms with Gasteiger partial charge in [-0.15, -0.1) is 0 Å². The number of amides is 1. The summed E-state index contributed by atoms with van der Waals surface area (Å²) in [6.45, 7) is 11.5. The highest BCUT2D eigenvalue weighted by Gasteiger charge is 2.38. The van der Waals surface area contributed by atoms with Crippen molar-refractivity contribution in [2.75, 3.05) is 40.3 Å². The fourth-order valence-electron chi connectivity index (χ4n) is 3.43. The molecule has 210 valence electrons. The Kier molecular flexibility index (Phi) is 15.1. The molecule has 0 spiro atoms. The highest BCUT2D eigenvalue weighted by Crippen LogP contribution is 2.26. The highest BCUT2D eigenvalue weighted by atomic mass is 16.6. The molecule has 11 nitrogen and oxygen atoms in total. The van der Waals surface area contributed by atoms with E-state index in [1.54, 1.807) is 45.0 Å². The topological polar surface area (TPSA) is 149 Å². The van der Waals surface area contributed by atoms with Crippen molar-refractivity contribution in [1.29, 1.82) is 0 Å². The second-order valence-electron chi connectivity index (χ2n) is 10.0. The lowest BCUT2D eigenvalue weighted by atomic mass is 9.85. The van der Waals surface area contributed by atoms with Gasteiger partial charge >= 0.3 is 18.0 Å². The summed E-state index contributed by atoms with van der Waals surface area (Å²) in [4.78, 5) is 48.7. The molecule has 1 aromatic rings. The van der Waals surface area contributed by atoms with Crippen molar-refractivity contribution in [3.8, 4) is 5.75 Å². The van der Waals surface area contributed by atoms with Crippen LogP contribution in [-0.4, -0.2) is 91.4 Å². The number of methoxy groups -OCH3 is 1. The molecule has 1 atom stereocenters. The lowest BCUT2D eigenvalue weighted by Crippen LogP contribution is -2.59. The number of piperazine rings is 1. The van der Waals surface area contributed by atoms with Gasteiger partial charge in [0.2, 0.25) is 0 Å². The van der Waals surface area contributed by atoms with E-state index < -0.39 is 29.7 Å². The number of nitrogens with zero attached hydrogens (tertiary/aromatic N) is 2. The van der Waals surface area contributed by atoms with Gasteiger partial charge in [-0.2, -0.15) is 0 Å². The number of hydrogen-bond acceptors (Lipinski definition) is 9. The molecule has 2 rings (SSSR count). The van der Waals surface area contributed by atoms with Crippen LogP contribution in [0.1, 0.15) is 47.5 Å². The Hall–Kier alpha value is -3.18. The summed E-state index contributed by atoms with van der Waals surface area (Å²) in [5, 5.41) is 8.99. The normalized spacial score (nSPS) is 15.7. The summed E-state index contributed by atoms with van der Waals surface area (Å²) < 4.78 is 14.8. The minimum Gasteiger partial charge on any atom is -0.481 e. The van der Waals surface area contributed by atoms with Crippen LogP contribution in [0, 0.1) is 5.41 Å². The van der Waals surface area contributed by atoms with Gasteiger partial charge in [-0.3, -0.25) is 19.4 Å². The number of carboxylic acids is 1. The smallest absolute Gasteiger partial charge is 0.411 e. The molecule has 3 N–H and O–H groups in total. The molecule has 0 radical (unpaired) electrons. The molecule has 37 heavy (non-hydrogen) atoms. The number of hydrogen-bond donors (Lipinski definition) is 2. The van der Waals surface area contributed by atoms with E-state index in [0.29, 0.717) is 44.8 Å². The number of rotatable bonds is 8. The Bertz CT molecular complexity index is 840. The van der Waals surface area contributed by atoms with Crippen molar-refractivity contribution >= 4 is 24.5 Å². The van der Waals surface area contributed by atoms with Crippen LogP contribution in [0.15, 0.2) is 30.3 Å². The largest absolute Gasteiger partial charge is 0.481 e. The molecule has 1 amide bonds. The van der Waals surface area contributed by atoms with Gasteiger partial charge in [0, 0.05) is 19.6 Å². The number of benzene rings is 1. The Morgan fingerprint density at radius 1 is 1.08 bits per heavy atom. The first-order valence-corrected chi connectivity index (χ1v) is 12.0. The van der Waals surface area contributed by atoms with Gasteiger partial charge in [0.25, 0.3) is 6.47 Å². The molecule has 1 aliphatic rings. The van der Waals surface area contributed by atoms with E-state index >= 15 is 0 Å². The van der Waals surface area contributed by atoms with Crippen molar-refractivity contribution in [3.05, 3.63) is 30.3 Å². The SMILES string of the molecule is CN.COC(=O)C1CN(CCC(C)(C)CC(=O)O)CCN1C(=O)OC(C)(C)C.O=COc1ccccc1. The third-order valence-electron chi connectivity index (χ3n) is 5.23. The number of aliphatic carboxylic acids is 1. The fourth-order valence-corrected chi connectivity index (χ4v) is 3.43. The predicted molar refractivity (Wildman–Crippen MR) is 139 cm³/mol. The average molecular weight is 526 g/mol. The van der Waals surface area contributed by atoms with Gasteiger partial charge in [-0.1, -0.05) is 32.0 Å². The number of para-hydroxylation sites is 1. The summed E-state index contributed by atoms with van der Waals surface area (Å²) in [6.07, 6.45) is 0.240. The Balaban J connectivity index is 0.000000977. The zero-order valence-electron chi connectivity index (χ0n) is 23.1. The Morgan fingerprint density at radius 3 is 2.16 bits per heavy atom. The van der Waals surface area contributed by atoms with Crippen LogP contribution in [-0.2, 0) is 23.9 Å². The van der Waals surface area contributed by atoms with Gasteiger partial charge in [0.05, 0.1) is 13.5 Å². The quantitative estimate of drug-likeness (QED) is 0.383. The van der Waals surface area contributed by atoms with Crippen molar-refractivity contribution in [3.63, 3.8) is 0 Å². The minimum absolute atomic E-state index is 0.0886. The maximum absolute atomic E-state index is 12.4. The molecular weight excluding hydrogens is 482 g/mol. The highest BCUT2D eigenvalue weighted by molar-refractivity contribution is 5.82. The number of esters is 1. The maximum Gasteiger partial charge on any atom is 0.411 e. The summed E-state index contributed by atoms with van der Waals surface area (Å²) in [5.41, 5.74) is 3.52. The van der Waals surface area contributed by atoms with Gasteiger partial charge in [0.15, 0.2) is 0 Å². The summed E-state index contributed by atoms with van der Waals surface area (Å²) >= 11 is 0. The van der Waals surface area contributed by atoms with E-state index in [1.165, 1.54) is 19.1 Å². The molecule has 1 fully saturated rings. The maximum atomic E-state index is 12.4. The zero-order valence-corrected chi connectivity index (χ0v) is 23.1. The van der Waals surface area contributed by atoms with Crippen LogP contribution in [0.4, 0.5) is 4.79 Å². The van der Waals surface area contributed by atoms with Gasteiger partial charge < -0.3 is 25.1 Å². The average Bonchev–Trinajstić information content (AvgIpc) is 2.83. The van der Waals surface area contributed by atoms with E-state index in [9.17, 15) is 19.2 Å². The molecule has 1 aromatic carbocycles. The molecule has 0 aliphatic carbocycles. The third kappa shape index (κ3) is 14.2. The molecule has 1 unspecified atom stereocenters. The lowest BCUT2D eigenvalue weighted by Gasteiger charge is -2.41. The van der Waals surface area contributed by atoms with Crippen LogP contribution in [0.2, 0.25) is 0 Å². The van der Waals surface area contributed by atoms with E-state index in [0.717, 1.165) is 0 Å². The first-order chi connectivity index (χ1) is 17.3. The number of nitrogens with two attached hydrogens (primary N) is 1. The predicted octanol–water partition coefficient (Wildman–Crippen LogP) is 2.77. The van der Waals surface area contributed by atoms with Crippen molar-refractivity contribution in [2.45, 2.75) is 59.1 Å². The zero-order chi connectivity index (χ0) is 28.6. The van der Waals surface area contributed by atoms with Crippen molar-refractivity contribution in [2.24, 2.45) is 11.1 Å². The van der Waals surface area contributed by atoms with E-state index in [1.807, 2.05) is 19.9 Å². The number of carbonyl (C=O) groups excluding carboxylic acids is 3. The standard InChI is InChI=1S/C18H32N2O6.C7H6O2.CH5N/c1-17(2,3)26-16(24)20-10-9-19(12-13(20)15(23)25-6)8-7-18(4,5)11-14(21)22;8-6-9-7-4-2-1-3-5-7;1-2/h13H,7-12H2,1-6H3,(H,21,22);1-6H;2H2,1H3. The second-order valence-corrected chi connectivity index (χ2v) is 10.0. The van der Waals surface area contributed by atoms with Crippen molar-refractivity contribution in [1.82, 2.24) is 9.80 Å². The Labute approximate surface area is 219 Å². The summed E-state index contributed by atoms with van der Waals surface area (Å²) in [6, 6.07) is 8.17. The molecule has 11 heteroatoms. The number of carboxylic acid groups (broad SMARTS) is 1. The van der Waals surface area contributed by atoms with Crippen molar-refractivity contribution < 1.29 is 38.5 Å². The molecule has 0 aromatic heterocycles. The minimum atomic E-state index is -0.822. The van der Waals surface area contributed by atoms with Gasteiger partial charge in [0.1, 0.15) is 17.4 Å². The molecular formula is C26H43N3O8. The monoisotopic (exact) mass is 525 g/mol. The van der Waals surface area contributed by atoms with Crippen LogP contribution < -0.4 is 10.5 Å². The van der Waals surface area contributed by atoms with E-state index in [4.69, 9.17) is 14.6 Å². The van der Waals surface area contributed by atoms with Gasteiger partial charge in [-0.25, -0.2) is 9.59 Å². The molecule has 1 heterocycles. The Morgan fingerprint density at radius 2 is 1.68 bits per heavy atom. The van der Waals surface area contributed by atoms with Crippen LogP contribution in [0.5, 0.6) is 5.75 Å². The first-order valence-electron chi connectivity index (χ1n) is 12.0. The first kappa shape index (κ1) is 33.8. The summed E-state index contributed by atoms with van der Waals surface area (Å²) in [5.74, 6) is -0.727. The van der Waals surface area contributed by atoms with Gasteiger partial charge in [-0.05, 0) is 58.3 Å². The van der Waals surface area contributed by atoms with Crippen LogP contribution >= 0.6 is 0 Å². The third-order valence-corrected chi connectivity index (χ3v) is 5.23. The van der Waals surface area contributed by atoms with E-state index in [-0.39, 0.29) is 11.8 Å². The molecule has 1 saturated heterocycles. The molecule has 0 bridgehead atoms. The van der Waals surface area contributed by atoms with Crippen LogP contribution in [0.3, 0.4) is 0 Å². The van der Waals surface area contributed by atoms with E-state index in [2.05, 4.69) is 15.4 Å².